The third-order valence-electron chi connectivity index (χ3n) is 2.55. The first-order chi connectivity index (χ1) is 7.27. The van der Waals surface area contributed by atoms with Gasteiger partial charge >= 0.3 is 5.69 Å². The molecular weight excluding hydrogens is 196 g/mol. The van der Waals surface area contributed by atoms with Gasteiger partial charge in [0.05, 0.1) is 11.9 Å². The highest BCUT2D eigenvalue weighted by Crippen LogP contribution is 2.24. The number of nitrogens with zero attached hydrogens (tertiary/aromatic N) is 1. The fraction of sp³-hybridized carbons (Fsp3) is 0.200. The average Bonchev–Trinajstić information content (AvgIpc) is 2.25. The van der Waals surface area contributed by atoms with Crippen LogP contribution in [0.3, 0.4) is 0 Å². The molecule has 1 aliphatic heterocycles. The minimum Gasteiger partial charge on any atom is -0.490 e. The molecule has 0 aliphatic carbocycles. The second-order valence-corrected chi connectivity index (χ2v) is 3.41. The molecule has 2 aromatic rings. The van der Waals surface area contributed by atoms with Gasteiger partial charge in [0.15, 0.2) is 0 Å². The molecule has 1 aliphatic rings. The van der Waals surface area contributed by atoms with Gasteiger partial charge in [0.2, 0.25) is 0 Å². The van der Waals surface area contributed by atoms with Crippen LogP contribution >= 0.6 is 0 Å². The minimum absolute atomic E-state index is 0.362. The summed E-state index contributed by atoms with van der Waals surface area (Å²) in [5.41, 5.74) is -0.139. The number of aromatic nitrogens is 2. The largest absolute Gasteiger partial charge is 0.490 e. The van der Waals surface area contributed by atoms with E-state index in [0.29, 0.717) is 29.8 Å². The van der Waals surface area contributed by atoms with Crippen LogP contribution in [-0.4, -0.2) is 16.2 Å². The topological polar surface area (TPSA) is 64.1 Å². The molecule has 3 rings (SSSR count). The van der Waals surface area contributed by atoms with Crippen molar-refractivity contribution in [1.82, 2.24) is 9.55 Å². The van der Waals surface area contributed by atoms with Crippen LogP contribution in [0.25, 0.3) is 10.9 Å². The Balaban J connectivity index is 2.65. The number of hydrogen-bond donors (Lipinski definition) is 1. The molecule has 76 valence electrons. The van der Waals surface area contributed by atoms with Gasteiger partial charge in [0, 0.05) is 0 Å². The van der Waals surface area contributed by atoms with Gasteiger partial charge in [-0.2, -0.15) is 0 Å². The zero-order valence-electron chi connectivity index (χ0n) is 7.82. The number of nitrogens with one attached hydrogen (secondary N) is 1. The van der Waals surface area contributed by atoms with Crippen molar-refractivity contribution in [2.45, 2.75) is 6.54 Å². The summed E-state index contributed by atoms with van der Waals surface area (Å²) >= 11 is 0. The molecule has 0 unspecified atom stereocenters. The fourth-order valence-electron chi connectivity index (χ4n) is 1.89. The number of rotatable bonds is 0. The maximum atomic E-state index is 11.5. The summed E-state index contributed by atoms with van der Waals surface area (Å²) in [4.78, 5) is 25.3. The molecule has 0 saturated carbocycles. The second kappa shape index (κ2) is 2.73. The maximum absolute atomic E-state index is 11.5. The number of hydrogen-bond acceptors (Lipinski definition) is 3. The van der Waals surface area contributed by atoms with Crippen molar-refractivity contribution in [1.29, 1.82) is 0 Å². The SMILES string of the molecule is O=c1[nH]c(=O)n2c3c(cccc13)OCC2. The van der Waals surface area contributed by atoms with E-state index in [0.717, 1.165) is 0 Å². The van der Waals surface area contributed by atoms with Crippen LogP contribution in [0.5, 0.6) is 5.75 Å². The van der Waals surface area contributed by atoms with E-state index >= 15 is 0 Å². The molecule has 0 spiro atoms. The Morgan fingerprint density at radius 3 is 3.07 bits per heavy atom. The predicted octanol–water partition coefficient (Wildman–Crippen LogP) is 0.0822. The standard InChI is InChI=1S/C10H8N2O3/c13-9-6-2-1-3-7-8(6)12(4-5-15-7)10(14)11-9/h1-3H,4-5H2,(H,11,13,14). The number of para-hydroxylation sites is 1. The molecule has 5 heteroatoms. The van der Waals surface area contributed by atoms with E-state index in [1.807, 2.05) is 0 Å². The zero-order valence-corrected chi connectivity index (χ0v) is 7.82. The smallest absolute Gasteiger partial charge is 0.329 e. The average molecular weight is 204 g/mol. The summed E-state index contributed by atoms with van der Waals surface area (Å²) < 4.78 is 6.93. The monoisotopic (exact) mass is 204 g/mol. The second-order valence-electron chi connectivity index (χ2n) is 3.41. The van der Waals surface area contributed by atoms with Gasteiger partial charge in [-0.25, -0.2) is 4.79 Å². The van der Waals surface area contributed by atoms with E-state index in [-0.39, 0.29) is 11.2 Å². The molecule has 2 heterocycles. The first-order valence-electron chi connectivity index (χ1n) is 4.66. The van der Waals surface area contributed by atoms with E-state index < -0.39 is 0 Å². The molecule has 15 heavy (non-hydrogen) atoms. The molecule has 0 radical (unpaired) electrons. The van der Waals surface area contributed by atoms with Gasteiger partial charge in [0.25, 0.3) is 5.56 Å². The minimum atomic E-state index is -0.372. The Hall–Kier alpha value is -2.04. The molecular formula is C10H8N2O3. The lowest BCUT2D eigenvalue weighted by atomic mass is 10.2. The molecule has 0 bridgehead atoms. The van der Waals surface area contributed by atoms with E-state index in [4.69, 9.17) is 4.74 Å². The number of H-pyrrole nitrogens is 1. The molecule has 0 fully saturated rings. The third-order valence-corrected chi connectivity index (χ3v) is 2.55. The first-order valence-corrected chi connectivity index (χ1v) is 4.66. The van der Waals surface area contributed by atoms with Crippen LogP contribution in [0.4, 0.5) is 0 Å². The number of aromatic amines is 1. The van der Waals surface area contributed by atoms with Crippen molar-refractivity contribution in [3.05, 3.63) is 39.0 Å². The summed E-state index contributed by atoms with van der Waals surface area (Å²) in [7, 11) is 0. The lowest BCUT2D eigenvalue weighted by Crippen LogP contribution is -2.34. The van der Waals surface area contributed by atoms with Gasteiger partial charge in [-0.15, -0.1) is 0 Å². The van der Waals surface area contributed by atoms with E-state index in [1.165, 1.54) is 4.57 Å². The van der Waals surface area contributed by atoms with Crippen molar-refractivity contribution in [2.24, 2.45) is 0 Å². The Morgan fingerprint density at radius 1 is 1.33 bits per heavy atom. The summed E-state index contributed by atoms with van der Waals surface area (Å²) in [6.45, 7) is 0.932. The van der Waals surface area contributed by atoms with Gasteiger partial charge < -0.3 is 4.74 Å². The van der Waals surface area contributed by atoms with Crippen molar-refractivity contribution in [3.8, 4) is 5.75 Å². The lowest BCUT2D eigenvalue weighted by molar-refractivity contribution is 0.282. The van der Waals surface area contributed by atoms with E-state index in [1.54, 1.807) is 18.2 Å². The van der Waals surface area contributed by atoms with Gasteiger partial charge in [0.1, 0.15) is 17.9 Å². The van der Waals surface area contributed by atoms with E-state index in [9.17, 15) is 9.59 Å². The summed E-state index contributed by atoms with van der Waals surface area (Å²) in [5.74, 6) is 0.599. The Kier molecular flexibility index (Phi) is 1.50. The molecule has 0 saturated heterocycles. The Morgan fingerprint density at radius 2 is 2.20 bits per heavy atom. The highest BCUT2D eigenvalue weighted by Gasteiger charge is 2.15. The van der Waals surface area contributed by atoms with Gasteiger partial charge in [-0.3, -0.25) is 14.3 Å². The lowest BCUT2D eigenvalue weighted by Gasteiger charge is -2.18. The Labute approximate surface area is 83.9 Å². The van der Waals surface area contributed by atoms with Crippen molar-refractivity contribution < 1.29 is 4.74 Å². The first kappa shape index (κ1) is 8.28. The molecule has 1 N–H and O–H groups in total. The number of ether oxygens (including phenoxy) is 1. The highest BCUT2D eigenvalue weighted by molar-refractivity contribution is 5.84. The van der Waals surface area contributed by atoms with Crippen LogP contribution in [-0.2, 0) is 6.54 Å². The van der Waals surface area contributed by atoms with Crippen LogP contribution in [0.2, 0.25) is 0 Å². The van der Waals surface area contributed by atoms with Crippen LogP contribution in [0.15, 0.2) is 27.8 Å². The summed E-state index contributed by atoms with van der Waals surface area (Å²) in [6.07, 6.45) is 0. The molecule has 1 aromatic heterocycles. The zero-order chi connectivity index (χ0) is 10.4. The summed E-state index contributed by atoms with van der Waals surface area (Å²) in [5, 5.41) is 0.492. The molecule has 0 atom stereocenters. The van der Waals surface area contributed by atoms with Crippen LogP contribution in [0.1, 0.15) is 0 Å². The molecule has 0 amide bonds. The van der Waals surface area contributed by atoms with Crippen molar-refractivity contribution in [2.75, 3.05) is 6.61 Å². The van der Waals surface area contributed by atoms with Gasteiger partial charge in [-0.1, -0.05) is 6.07 Å². The van der Waals surface area contributed by atoms with E-state index in [2.05, 4.69) is 4.98 Å². The number of benzene rings is 1. The molecule has 5 nitrogen and oxygen atoms in total. The van der Waals surface area contributed by atoms with Crippen LogP contribution in [0, 0.1) is 0 Å². The quantitative estimate of drug-likeness (QED) is 0.661. The van der Waals surface area contributed by atoms with Crippen molar-refractivity contribution >= 4 is 10.9 Å². The highest BCUT2D eigenvalue weighted by atomic mass is 16.5. The molecule has 1 aromatic carbocycles. The third kappa shape index (κ3) is 1.03. The Bertz CT molecular complexity index is 654. The predicted molar refractivity (Wildman–Crippen MR) is 54.3 cm³/mol. The normalized spacial score (nSPS) is 13.9. The van der Waals surface area contributed by atoms with Crippen molar-refractivity contribution in [3.63, 3.8) is 0 Å². The van der Waals surface area contributed by atoms with Gasteiger partial charge in [-0.05, 0) is 12.1 Å². The summed E-state index contributed by atoms with van der Waals surface area (Å²) in [6, 6.07) is 5.19. The maximum Gasteiger partial charge on any atom is 0.329 e. The fourth-order valence-corrected chi connectivity index (χ4v) is 1.89. The van der Waals surface area contributed by atoms with Crippen LogP contribution < -0.4 is 16.0 Å².